The summed E-state index contributed by atoms with van der Waals surface area (Å²) in [5.41, 5.74) is 2.35. The van der Waals surface area contributed by atoms with Gasteiger partial charge in [-0.05, 0) is 56.4 Å². The van der Waals surface area contributed by atoms with Crippen LogP contribution < -0.4 is 9.47 Å². The summed E-state index contributed by atoms with van der Waals surface area (Å²) in [6.07, 6.45) is 1.22. The summed E-state index contributed by atoms with van der Waals surface area (Å²) >= 11 is 0. The van der Waals surface area contributed by atoms with E-state index >= 15 is 0 Å². The van der Waals surface area contributed by atoms with Crippen molar-refractivity contribution in [2.24, 2.45) is 5.92 Å². The third kappa shape index (κ3) is 3.95. The number of benzene rings is 1. The molecule has 2 nitrogen and oxygen atoms in total. The Balaban J connectivity index is 3.11. The maximum Gasteiger partial charge on any atom is 0.123 e. The van der Waals surface area contributed by atoms with Crippen molar-refractivity contribution in [2.75, 3.05) is 7.11 Å². The van der Waals surface area contributed by atoms with Gasteiger partial charge in [0.1, 0.15) is 11.5 Å². The minimum absolute atomic E-state index is 0.203. The molecular weight excluding hydrogens is 212 g/mol. The van der Waals surface area contributed by atoms with Gasteiger partial charge < -0.3 is 9.47 Å². The predicted molar refractivity (Wildman–Crippen MR) is 72.0 cm³/mol. The lowest BCUT2D eigenvalue weighted by Crippen LogP contribution is -2.09. The van der Waals surface area contributed by atoms with E-state index < -0.39 is 0 Å². The van der Waals surface area contributed by atoms with Gasteiger partial charge in [0.25, 0.3) is 0 Å². The Morgan fingerprint density at radius 2 is 1.71 bits per heavy atom. The summed E-state index contributed by atoms with van der Waals surface area (Å²) in [5, 5.41) is 0. The van der Waals surface area contributed by atoms with Crippen LogP contribution in [0.1, 0.15) is 38.8 Å². The summed E-state index contributed by atoms with van der Waals surface area (Å²) in [5.74, 6) is 2.54. The maximum absolute atomic E-state index is 5.87. The van der Waals surface area contributed by atoms with Crippen molar-refractivity contribution in [1.29, 1.82) is 0 Å². The fourth-order valence-corrected chi connectivity index (χ4v) is 1.89. The summed E-state index contributed by atoms with van der Waals surface area (Å²) in [4.78, 5) is 0. The Labute approximate surface area is 105 Å². The summed E-state index contributed by atoms with van der Waals surface area (Å²) in [6, 6.07) is 4.18. The van der Waals surface area contributed by atoms with Crippen molar-refractivity contribution >= 4 is 0 Å². The first-order valence-electron chi connectivity index (χ1n) is 6.28. The molecule has 1 aromatic carbocycles. The summed E-state index contributed by atoms with van der Waals surface area (Å²) in [6.45, 7) is 10.6. The zero-order chi connectivity index (χ0) is 13.0. The van der Waals surface area contributed by atoms with Gasteiger partial charge in [-0.25, -0.2) is 0 Å². The quantitative estimate of drug-likeness (QED) is 0.769. The van der Waals surface area contributed by atoms with E-state index in [-0.39, 0.29) is 6.10 Å². The number of ether oxygens (including phenoxy) is 2. The second-order valence-electron chi connectivity index (χ2n) is 5.19. The van der Waals surface area contributed by atoms with Crippen molar-refractivity contribution in [3.05, 3.63) is 23.3 Å². The lowest BCUT2D eigenvalue weighted by molar-refractivity contribution is 0.238. The molecule has 0 bridgehead atoms. The minimum Gasteiger partial charge on any atom is -0.496 e. The average Bonchev–Trinajstić information content (AvgIpc) is 2.20. The van der Waals surface area contributed by atoms with E-state index in [2.05, 4.69) is 39.8 Å². The molecule has 2 heteroatoms. The third-order valence-electron chi connectivity index (χ3n) is 2.57. The summed E-state index contributed by atoms with van der Waals surface area (Å²) in [7, 11) is 1.71. The van der Waals surface area contributed by atoms with E-state index in [4.69, 9.17) is 9.47 Å². The Morgan fingerprint density at radius 1 is 1.06 bits per heavy atom. The van der Waals surface area contributed by atoms with Crippen LogP contribution in [0.25, 0.3) is 0 Å². The standard InChI is InChI=1S/C15H24O2/c1-10(2)7-13-9-14(16-6)12(5)8-15(13)17-11(3)4/h8-11H,7H2,1-6H3. The Kier molecular flexibility index (Phi) is 4.86. The van der Waals surface area contributed by atoms with Gasteiger partial charge in [-0.15, -0.1) is 0 Å². The molecule has 0 spiro atoms. The fourth-order valence-electron chi connectivity index (χ4n) is 1.89. The average molecular weight is 236 g/mol. The highest BCUT2D eigenvalue weighted by molar-refractivity contribution is 5.46. The van der Waals surface area contributed by atoms with Crippen molar-refractivity contribution in [3.8, 4) is 11.5 Å². The molecule has 0 N–H and O–H groups in total. The van der Waals surface area contributed by atoms with Gasteiger partial charge in [0.05, 0.1) is 13.2 Å². The predicted octanol–water partition coefficient (Wildman–Crippen LogP) is 3.99. The third-order valence-corrected chi connectivity index (χ3v) is 2.57. The molecule has 0 radical (unpaired) electrons. The van der Waals surface area contributed by atoms with Gasteiger partial charge in [-0.2, -0.15) is 0 Å². The molecule has 0 fully saturated rings. The molecule has 0 aliphatic carbocycles. The first kappa shape index (κ1) is 13.9. The van der Waals surface area contributed by atoms with E-state index in [1.165, 1.54) is 5.56 Å². The van der Waals surface area contributed by atoms with E-state index in [0.717, 1.165) is 23.5 Å². The Morgan fingerprint density at radius 3 is 2.18 bits per heavy atom. The van der Waals surface area contributed by atoms with Crippen LogP contribution in [0.5, 0.6) is 11.5 Å². The molecule has 0 amide bonds. The maximum atomic E-state index is 5.87. The van der Waals surface area contributed by atoms with E-state index in [0.29, 0.717) is 5.92 Å². The first-order chi connectivity index (χ1) is 7.93. The minimum atomic E-state index is 0.203. The van der Waals surface area contributed by atoms with Crippen LogP contribution >= 0.6 is 0 Å². The van der Waals surface area contributed by atoms with Crippen LogP contribution in [0.4, 0.5) is 0 Å². The van der Waals surface area contributed by atoms with Gasteiger partial charge in [0.15, 0.2) is 0 Å². The molecule has 0 aliphatic rings. The number of methoxy groups -OCH3 is 1. The number of aryl methyl sites for hydroxylation is 1. The number of hydrogen-bond acceptors (Lipinski definition) is 2. The highest BCUT2D eigenvalue weighted by atomic mass is 16.5. The van der Waals surface area contributed by atoms with Crippen LogP contribution in [0, 0.1) is 12.8 Å². The molecular formula is C15H24O2. The van der Waals surface area contributed by atoms with Gasteiger partial charge in [0.2, 0.25) is 0 Å². The normalized spacial score (nSPS) is 11.1. The van der Waals surface area contributed by atoms with Crippen LogP contribution in [-0.2, 0) is 6.42 Å². The summed E-state index contributed by atoms with van der Waals surface area (Å²) < 4.78 is 11.2. The van der Waals surface area contributed by atoms with Gasteiger partial charge in [-0.1, -0.05) is 13.8 Å². The highest BCUT2D eigenvalue weighted by Gasteiger charge is 2.11. The molecule has 96 valence electrons. The molecule has 0 atom stereocenters. The zero-order valence-electron chi connectivity index (χ0n) is 11.8. The van der Waals surface area contributed by atoms with Crippen LogP contribution in [0.15, 0.2) is 12.1 Å². The first-order valence-corrected chi connectivity index (χ1v) is 6.28. The van der Waals surface area contributed by atoms with Gasteiger partial charge in [0, 0.05) is 0 Å². The number of hydrogen-bond donors (Lipinski definition) is 0. The van der Waals surface area contributed by atoms with Gasteiger partial charge >= 0.3 is 0 Å². The SMILES string of the molecule is COc1cc(CC(C)C)c(OC(C)C)cc1C. The molecule has 0 unspecified atom stereocenters. The lowest BCUT2D eigenvalue weighted by atomic mass is 10.00. The van der Waals surface area contributed by atoms with E-state index in [1.807, 2.05) is 6.92 Å². The van der Waals surface area contributed by atoms with E-state index in [1.54, 1.807) is 7.11 Å². The molecule has 17 heavy (non-hydrogen) atoms. The van der Waals surface area contributed by atoms with Crippen molar-refractivity contribution in [2.45, 2.75) is 47.1 Å². The Hall–Kier alpha value is -1.18. The monoisotopic (exact) mass is 236 g/mol. The Bertz CT molecular complexity index is 367. The highest BCUT2D eigenvalue weighted by Crippen LogP contribution is 2.30. The second-order valence-corrected chi connectivity index (χ2v) is 5.19. The molecule has 1 rings (SSSR count). The van der Waals surface area contributed by atoms with E-state index in [9.17, 15) is 0 Å². The van der Waals surface area contributed by atoms with Crippen LogP contribution in [-0.4, -0.2) is 13.2 Å². The van der Waals surface area contributed by atoms with Crippen molar-refractivity contribution in [3.63, 3.8) is 0 Å². The molecule has 1 aromatic rings. The van der Waals surface area contributed by atoms with Crippen molar-refractivity contribution < 1.29 is 9.47 Å². The number of rotatable bonds is 5. The molecule has 0 heterocycles. The molecule has 0 saturated carbocycles. The fraction of sp³-hybridized carbons (Fsp3) is 0.600. The van der Waals surface area contributed by atoms with Crippen LogP contribution in [0.3, 0.4) is 0 Å². The lowest BCUT2D eigenvalue weighted by Gasteiger charge is -2.18. The topological polar surface area (TPSA) is 18.5 Å². The molecule has 0 aromatic heterocycles. The van der Waals surface area contributed by atoms with Crippen LogP contribution in [0.2, 0.25) is 0 Å². The second kappa shape index (κ2) is 5.95. The van der Waals surface area contributed by atoms with Gasteiger partial charge in [-0.3, -0.25) is 0 Å². The molecule has 0 aliphatic heterocycles. The molecule has 0 saturated heterocycles. The largest absolute Gasteiger partial charge is 0.496 e. The zero-order valence-corrected chi connectivity index (χ0v) is 11.8. The van der Waals surface area contributed by atoms with Crippen molar-refractivity contribution in [1.82, 2.24) is 0 Å². The smallest absolute Gasteiger partial charge is 0.123 e.